The van der Waals surface area contributed by atoms with Gasteiger partial charge in [0.25, 0.3) is 0 Å². The fourth-order valence-electron chi connectivity index (χ4n) is 6.56. The lowest BCUT2D eigenvalue weighted by Gasteiger charge is -2.39. The van der Waals surface area contributed by atoms with Gasteiger partial charge < -0.3 is 39.4 Å². The van der Waals surface area contributed by atoms with Gasteiger partial charge in [0.1, 0.15) is 30.5 Å². The van der Waals surface area contributed by atoms with Gasteiger partial charge in [0.2, 0.25) is 0 Å². The molecule has 54 heavy (non-hydrogen) atoms. The number of aliphatic hydroxyl groups excluding tert-OH is 4. The molecule has 1 heterocycles. The van der Waals surface area contributed by atoms with Gasteiger partial charge in [0.15, 0.2) is 6.29 Å². The average Bonchev–Trinajstić information content (AvgIpc) is 3.17. The summed E-state index contributed by atoms with van der Waals surface area (Å²) in [6.45, 7) is 4.49. The minimum absolute atomic E-state index is 0.115. The van der Waals surface area contributed by atoms with Crippen LogP contribution in [0.1, 0.15) is 181 Å². The Hall–Kier alpha value is -1.59. The number of ether oxygens (including phenoxy) is 4. The monoisotopic (exact) mass is 767 g/mol. The van der Waals surface area contributed by atoms with Gasteiger partial charge in [-0.05, 0) is 51.4 Å². The Morgan fingerprint density at radius 3 is 1.61 bits per heavy atom. The number of rotatable bonds is 37. The van der Waals surface area contributed by atoms with Crippen molar-refractivity contribution in [2.75, 3.05) is 26.4 Å². The van der Waals surface area contributed by atoms with E-state index >= 15 is 0 Å². The number of unbranched alkanes of at least 4 members (excludes halogenated alkanes) is 20. The second-order valence-electron chi connectivity index (χ2n) is 15.1. The second-order valence-corrected chi connectivity index (χ2v) is 15.1. The predicted molar refractivity (Wildman–Crippen MR) is 219 cm³/mol. The van der Waals surface area contributed by atoms with E-state index in [0.29, 0.717) is 13.0 Å². The number of esters is 1. The number of aliphatic hydroxyl groups is 4. The van der Waals surface area contributed by atoms with Gasteiger partial charge in [0, 0.05) is 13.0 Å². The highest BCUT2D eigenvalue weighted by molar-refractivity contribution is 5.69. The Morgan fingerprint density at radius 2 is 1.07 bits per heavy atom. The molecule has 0 amide bonds. The number of allylic oxidation sites excluding steroid dienone is 6. The number of hydrogen-bond donors (Lipinski definition) is 4. The van der Waals surface area contributed by atoms with Crippen LogP contribution in [0, 0.1) is 0 Å². The molecule has 1 fully saturated rings. The first-order chi connectivity index (χ1) is 26.4. The molecule has 0 saturated carbocycles. The molecule has 0 aromatic carbocycles. The average molecular weight is 767 g/mol. The topological polar surface area (TPSA) is 135 Å². The van der Waals surface area contributed by atoms with Crippen molar-refractivity contribution in [3.05, 3.63) is 36.5 Å². The van der Waals surface area contributed by atoms with Gasteiger partial charge in [-0.3, -0.25) is 4.79 Å². The molecule has 6 unspecified atom stereocenters. The van der Waals surface area contributed by atoms with Gasteiger partial charge >= 0.3 is 5.97 Å². The van der Waals surface area contributed by atoms with Gasteiger partial charge in [0.05, 0.1) is 19.8 Å². The van der Waals surface area contributed by atoms with Crippen LogP contribution in [-0.2, 0) is 23.7 Å². The lowest BCUT2D eigenvalue weighted by Crippen LogP contribution is -2.59. The van der Waals surface area contributed by atoms with E-state index in [1.165, 1.54) is 116 Å². The summed E-state index contributed by atoms with van der Waals surface area (Å²) in [5, 5.41) is 39.9. The lowest BCUT2D eigenvalue weighted by molar-refractivity contribution is -0.305. The molecule has 0 spiro atoms. The maximum absolute atomic E-state index is 12.6. The van der Waals surface area contributed by atoms with E-state index in [4.69, 9.17) is 18.9 Å². The Balaban J connectivity index is 2.16. The standard InChI is InChI=1S/C45H82O9/c1-3-5-7-9-11-12-13-14-15-16-17-18-19-20-21-22-23-24-25-26-27-29-31-33-35-51-37-39(53-41(47)34-32-30-28-10-8-6-4-2)38-52-45-44(50)43(49)42(48)40(36-46)54-45/h13-14,16-17,19-20,39-40,42-46,48-50H,3-12,15,18,21-38H2,1-2H3/b14-13-,17-16-,20-19-. The van der Waals surface area contributed by atoms with Crippen molar-refractivity contribution in [1.82, 2.24) is 0 Å². The van der Waals surface area contributed by atoms with Crippen LogP contribution in [0.3, 0.4) is 0 Å². The molecule has 1 aliphatic heterocycles. The number of carbonyl (C=O) groups excluding carboxylic acids is 1. The third kappa shape index (κ3) is 27.9. The smallest absolute Gasteiger partial charge is 0.306 e. The maximum atomic E-state index is 12.6. The van der Waals surface area contributed by atoms with Gasteiger partial charge in [-0.1, -0.05) is 159 Å². The number of carbonyl (C=O) groups is 1. The molecule has 6 atom stereocenters. The largest absolute Gasteiger partial charge is 0.457 e. The highest BCUT2D eigenvalue weighted by Gasteiger charge is 2.44. The van der Waals surface area contributed by atoms with Gasteiger partial charge in [-0.2, -0.15) is 0 Å². The van der Waals surface area contributed by atoms with E-state index in [-0.39, 0.29) is 19.2 Å². The Bertz CT molecular complexity index is 921. The first-order valence-electron chi connectivity index (χ1n) is 22.1. The van der Waals surface area contributed by atoms with Gasteiger partial charge in [-0.15, -0.1) is 0 Å². The van der Waals surface area contributed by atoms with E-state index in [1.54, 1.807) is 0 Å². The van der Waals surface area contributed by atoms with Crippen LogP contribution in [0.5, 0.6) is 0 Å². The summed E-state index contributed by atoms with van der Waals surface area (Å²) in [7, 11) is 0. The normalized spacial score (nSPS) is 21.2. The quantitative estimate of drug-likeness (QED) is 0.0277. The summed E-state index contributed by atoms with van der Waals surface area (Å²) in [4.78, 5) is 12.6. The summed E-state index contributed by atoms with van der Waals surface area (Å²) in [5.41, 5.74) is 0. The van der Waals surface area contributed by atoms with Crippen LogP contribution in [-0.4, -0.2) is 89.6 Å². The second kappa shape index (κ2) is 37.0. The van der Waals surface area contributed by atoms with Crippen molar-refractivity contribution >= 4 is 5.97 Å². The fourth-order valence-corrected chi connectivity index (χ4v) is 6.56. The Morgan fingerprint density at radius 1 is 0.593 bits per heavy atom. The van der Waals surface area contributed by atoms with Crippen molar-refractivity contribution in [2.24, 2.45) is 0 Å². The molecule has 4 N–H and O–H groups in total. The molecule has 9 nitrogen and oxygen atoms in total. The van der Waals surface area contributed by atoms with E-state index in [1.807, 2.05) is 0 Å². The molecular weight excluding hydrogens is 684 g/mol. The van der Waals surface area contributed by atoms with E-state index in [9.17, 15) is 25.2 Å². The SMILES string of the molecule is CCCCCCC/C=C\C/C=C\C/C=C\CCCCCCCCCCCOCC(COC1OC(CO)C(O)C(O)C1O)OC(=O)CCCCCCCCC. The summed E-state index contributed by atoms with van der Waals surface area (Å²) in [6.07, 6.45) is 36.3. The van der Waals surface area contributed by atoms with Crippen molar-refractivity contribution < 1.29 is 44.2 Å². The molecule has 9 heteroatoms. The van der Waals surface area contributed by atoms with Crippen molar-refractivity contribution in [3.8, 4) is 0 Å². The number of hydrogen-bond acceptors (Lipinski definition) is 9. The zero-order chi connectivity index (χ0) is 39.3. The van der Waals surface area contributed by atoms with E-state index in [2.05, 4.69) is 50.3 Å². The van der Waals surface area contributed by atoms with Crippen LogP contribution in [0.15, 0.2) is 36.5 Å². The third-order valence-electron chi connectivity index (χ3n) is 10.1. The van der Waals surface area contributed by atoms with Gasteiger partial charge in [-0.25, -0.2) is 0 Å². The molecule has 0 aromatic heterocycles. The first-order valence-corrected chi connectivity index (χ1v) is 22.1. The van der Waals surface area contributed by atoms with Crippen LogP contribution in [0.25, 0.3) is 0 Å². The zero-order valence-electron chi connectivity index (χ0n) is 34.5. The minimum atomic E-state index is -1.53. The summed E-state index contributed by atoms with van der Waals surface area (Å²) in [5.74, 6) is -0.323. The molecule has 0 aliphatic carbocycles. The van der Waals surface area contributed by atoms with Crippen LogP contribution in [0.2, 0.25) is 0 Å². The molecule has 1 rings (SSSR count). The van der Waals surface area contributed by atoms with E-state index < -0.39 is 43.4 Å². The van der Waals surface area contributed by atoms with E-state index in [0.717, 1.165) is 44.9 Å². The van der Waals surface area contributed by atoms with Crippen molar-refractivity contribution in [3.63, 3.8) is 0 Å². The fraction of sp³-hybridized carbons (Fsp3) is 0.844. The van der Waals surface area contributed by atoms with Crippen LogP contribution >= 0.6 is 0 Å². The van der Waals surface area contributed by atoms with Crippen LogP contribution in [0.4, 0.5) is 0 Å². The Labute approximate surface area is 330 Å². The molecule has 1 saturated heterocycles. The van der Waals surface area contributed by atoms with Crippen LogP contribution < -0.4 is 0 Å². The molecule has 0 radical (unpaired) electrons. The minimum Gasteiger partial charge on any atom is -0.457 e. The predicted octanol–water partition coefficient (Wildman–Crippen LogP) is 9.58. The summed E-state index contributed by atoms with van der Waals surface area (Å²) in [6, 6.07) is 0. The van der Waals surface area contributed by atoms with Crippen molar-refractivity contribution in [1.29, 1.82) is 0 Å². The molecule has 0 aromatic rings. The summed E-state index contributed by atoms with van der Waals surface area (Å²) >= 11 is 0. The Kier molecular flexibility index (Phi) is 34.6. The van der Waals surface area contributed by atoms with Crippen molar-refractivity contribution in [2.45, 2.75) is 218 Å². The summed E-state index contributed by atoms with van der Waals surface area (Å²) < 4.78 is 22.7. The molecule has 0 bridgehead atoms. The third-order valence-corrected chi connectivity index (χ3v) is 10.1. The maximum Gasteiger partial charge on any atom is 0.306 e. The molecule has 1 aliphatic rings. The zero-order valence-corrected chi connectivity index (χ0v) is 34.5. The highest BCUT2D eigenvalue weighted by Crippen LogP contribution is 2.22. The molecular formula is C45H82O9. The first kappa shape index (κ1) is 50.4. The molecule has 316 valence electrons. The lowest BCUT2D eigenvalue weighted by atomic mass is 9.99. The highest BCUT2D eigenvalue weighted by atomic mass is 16.7.